The van der Waals surface area contributed by atoms with E-state index in [1.807, 2.05) is 6.26 Å². The molecule has 2 unspecified atom stereocenters. The predicted octanol–water partition coefficient (Wildman–Crippen LogP) is 0.233. The number of nitrogens with one attached hydrogen (secondary N) is 1. The maximum absolute atomic E-state index is 5.84. The summed E-state index contributed by atoms with van der Waals surface area (Å²) in [7, 11) is 0. The number of likely N-dealkylation sites (N-methyl/N-ethyl adjacent to an activating group) is 1. The first-order valence-electron chi connectivity index (χ1n) is 6.45. The van der Waals surface area contributed by atoms with Gasteiger partial charge in [0.1, 0.15) is 0 Å². The Morgan fingerprint density at radius 3 is 3.12 bits per heavy atom. The zero-order chi connectivity index (χ0) is 12.1. The van der Waals surface area contributed by atoms with Gasteiger partial charge in [0, 0.05) is 13.1 Å². The zero-order valence-corrected chi connectivity index (χ0v) is 10.5. The van der Waals surface area contributed by atoms with E-state index in [2.05, 4.69) is 17.2 Å². The lowest BCUT2D eigenvalue weighted by Gasteiger charge is -2.37. The Bertz CT molecular complexity index is 270. The van der Waals surface area contributed by atoms with Crippen LogP contribution in [0.2, 0.25) is 0 Å². The molecule has 0 bridgehead atoms. The summed E-state index contributed by atoms with van der Waals surface area (Å²) in [5, 5.41) is 0. The van der Waals surface area contributed by atoms with Gasteiger partial charge in [0.2, 0.25) is 0 Å². The molecule has 0 amide bonds. The molecule has 5 nitrogen and oxygen atoms in total. The Hall–Kier alpha value is -0.620. The van der Waals surface area contributed by atoms with Crippen molar-refractivity contribution < 1.29 is 9.47 Å². The van der Waals surface area contributed by atoms with Gasteiger partial charge in [-0.25, -0.2) is 0 Å². The van der Waals surface area contributed by atoms with Crippen LogP contribution in [0.1, 0.15) is 19.8 Å². The molecule has 0 aromatic rings. The van der Waals surface area contributed by atoms with Gasteiger partial charge in [0.15, 0.2) is 0 Å². The van der Waals surface area contributed by atoms with Crippen LogP contribution in [0.15, 0.2) is 11.8 Å². The van der Waals surface area contributed by atoms with Gasteiger partial charge < -0.3 is 9.47 Å². The molecule has 2 heterocycles. The van der Waals surface area contributed by atoms with Crippen LogP contribution in [0, 0.1) is 0 Å². The highest BCUT2D eigenvalue weighted by Gasteiger charge is 2.30. The molecule has 2 rings (SSSR count). The van der Waals surface area contributed by atoms with E-state index in [9.17, 15) is 0 Å². The highest BCUT2D eigenvalue weighted by atomic mass is 16.5. The highest BCUT2D eigenvalue weighted by Crippen LogP contribution is 2.21. The smallest absolute Gasteiger partial charge is 0.0907 e. The summed E-state index contributed by atoms with van der Waals surface area (Å²) in [4.78, 5) is 2.39. The number of nitrogens with zero attached hydrogens (tertiary/aromatic N) is 1. The number of morpholine rings is 1. The Labute approximate surface area is 103 Å². The minimum Gasteiger partial charge on any atom is -0.501 e. The first-order chi connectivity index (χ1) is 8.35. The second-order valence-corrected chi connectivity index (χ2v) is 4.61. The third kappa shape index (κ3) is 3.19. The number of hydrazine groups is 1. The first-order valence-corrected chi connectivity index (χ1v) is 6.45. The lowest BCUT2D eigenvalue weighted by molar-refractivity contribution is -0.0403. The van der Waals surface area contributed by atoms with Crippen LogP contribution in [-0.4, -0.2) is 49.9 Å². The number of hydrogen-bond donors (Lipinski definition) is 2. The average Bonchev–Trinajstić information content (AvgIpc) is 2.41. The lowest BCUT2D eigenvalue weighted by atomic mass is 9.97. The number of nitrogens with two attached hydrogens (primary N) is 1. The van der Waals surface area contributed by atoms with Crippen LogP contribution in [0.25, 0.3) is 0 Å². The molecule has 0 saturated carbocycles. The molecule has 17 heavy (non-hydrogen) atoms. The fourth-order valence-electron chi connectivity index (χ4n) is 2.49. The predicted molar refractivity (Wildman–Crippen MR) is 66.2 cm³/mol. The van der Waals surface area contributed by atoms with E-state index >= 15 is 0 Å². The van der Waals surface area contributed by atoms with Gasteiger partial charge >= 0.3 is 0 Å². The van der Waals surface area contributed by atoms with Crippen LogP contribution in [0.3, 0.4) is 0 Å². The first kappa shape index (κ1) is 12.8. The Morgan fingerprint density at radius 1 is 1.59 bits per heavy atom. The quantitative estimate of drug-likeness (QED) is 0.545. The third-order valence-corrected chi connectivity index (χ3v) is 3.54. The number of hydrogen-bond acceptors (Lipinski definition) is 5. The van der Waals surface area contributed by atoms with Crippen molar-refractivity contribution in [3.63, 3.8) is 0 Å². The van der Waals surface area contributed by atoms with E-state index in [4.69, 9.17) is 15.3 Å². The molecule has 2 aliphatic rings. The largest absolute Gasteiger partial charge is 0.501 e. The van der Waals surface area contributed by atoms with Crippen LogP contribution in [0.4, 0.5) is 0 Å². The van der Waals surface area contributed by atoms with E-state index in [0.29, 0.717) is 0 Å². The van der Waals surface area contributed by atoms with Gasteiger partial charge in [-0.3, -0.25) is 16.2 Å². The standard InChI is InChI=1S/C12H23N3O2/c1-2-15-5-7-17-11(8-15)12(14-13)10-4-3-6-16-9-10/h9,11-12,14H,2-8,13H2,1H3. The average molecular weight is 241 g/mol. The Kier molecular flexibility index (Phi) is 4.79. The van der Waals surface area contributed by atoms with Gasteiger partial charge in [-0.15, -0.1) is 0 Å². The normalized spacial score (nSPS) is 28.4. The molecule has 0 spiro atoms. The van der Waals surface area contributed by atoms with Crippen molar-refractivity contribution in [2.24, 2.45) is 5.84 Å². The summed E-state index contributed by atoms with van der Waals surface area (Å²) < 4.78 is 11.2. The minimum absolute atomic E-state index is 0.0737. The second-order valence-electron chi connectivity index (χ2n) is 4.61. The summed E-state index contributed by atoms with van der Waals surface area (Å²) in [5.74, 6) is 5.68. The van der Waals surface area contributed by atoms with Crippen molar-refractivity contribution in [1.82, 2.24) is 10.3 Å². The van der Waals surface area contributed by atoms with Gasteiger partial charge in [0.25, 0.3) is 0 Å². The minimum atomic E-state index is 0.0737. The van der Waals surface area contributed by atoms with Crippen molar-refractivity contribution in [3.8, 4) is 0 Å². The molecule has 1 saturated heterocycles. The lowest BCUT2D eigenvalue weighted by Crippen LogP contribution is -2.54. The second kappa shape index (κ2) is 6.35. The van der Waals surface area contributed by atoms with Crippen molar-refractivity contribution in [2.45, 2.75) is 31.9 Å². The Balaban J connectivity index is 1.99. The van der Waals surface area contributed by atoms with E-state index in [0.717, 1.165) is 45.7 Å². The van der Waals surface area contributed by atoms with E-state index < -0.39 is 0 Å². The summed E-state index contributed by atoms with van der Waals surface area (Å²) in [6.45, 7) is 6.78. The summed E-state index contributed by atoms with van der Waals surface area (Å²) in [6.07, 6.45) is 4.08. The molecular formula is C12H23N3O2. The Morgan fingerprint density at radius 2 is 2.47 bits per heavy atom. The molecule has 2 atom stereocenters. The van der Waals surface area contributed by atoms with E-state index in [1.165, 1.54) is 5.57 Å². The van der Waals surface area contributed by atoms with E-state index in [1.54, 1.807) is 0 Å². The van der Waals surface area contributed by atoms with Crippen LogP contribution in [0.5, 0.6) is 0 Å². The molecule has 0 aliphatic carbocycles. The van der Waals surface area contributed by atoms with Crippen LogP contribution >= 0.6 is 0 Å². The molecular weight excluding hydrogens is 218 g/mol. The zero-order valence-electron chi connectivity index (χ0n) is 10.5. The molecule has 2 aliphatic heterocycles. The van der Waals surface area contributed by atoms with Gasteiger partial charge in [-0.2, -0.15) is 0 Å². The fraction of sp³-hybridized carbons (Fsp3) is 0.833. The third-order valence-electron chi connectivity index (χ3n) is 3.54. The molecule has 98 valence electrons. The molecule has 0 aromatic carbocycles. The van der Waals surface area contributed by atoms with Crippen LogP contribution in [-0.2, 0) is 9.47 Å². The summed E-state index contributed by atoms with van der Waals surface area (Å²) in [5.41, 5.74) is 4.11. The van der Waals surface area contributed by atoms with Gasteiger partial charge in [-0.05, 0) is 25.0 Å². The van der Waals surface area contributed by atoms with Crippen molar-refractivity contribution in [2.75, 3.05) is 32.8 Å². The maximum Gasteiger partial charge on any atom is 0.0907 e. The summed E-state index contributed by atoms with van der Waals surface area (Å²) in [6, 6.07) is 0.0737. The molecule has 5 heteroatoms. The SMILES string of the molecule is CCN1CCOC(C(NN)C2=COCCC2)C1. The topological polar surface area (TPSA) is 59.8 Å². The summed E-state index contributed by atoms with van der Waals surface area (Å²) >= 11 is 0. The molecule has 3 N–H and O–H groups in total. The van der Waals surface area contributed by atoms with Gasteiger partial charge in [0.05, 0.1) is 31.6 Å². The molecule has 0 aromatic heterocycles. The van der Waals surface area contributed by atoms with Gasteiger partial charge in [-0.1, -0.05) is 6.92 Å². The maximum atomic E-state index is 5.84. The monoisotopic (exact) mass is 241 g/mol. The van der Waals surface area contributed by atoms with Crippen LogP contribution < -0.4 is 11.3 Å². The number of ether oxygens (including phenoxy) is 2. The number of rotatable bonds is 4. The van der Waals surface area contributed by atoms with Crippen molar-refractivity contribution in [1.29, 1.82) is 0 Å². The molecule has 0 radical (unpaired) electrons. The van der Waals surface area contributed by atoms with Crippen molar-refractivity contribution >= 4 is 0 Å². The van der Waals surface area contributed by atoms with E-state index in [-0.39, 0.29) is 12.1 Å². The highest BCUT2D eigenvalue weighted by molar-refractivity contribution is 5.13. The van der Waals surface area contributed by atoms with Crippen molar-refractivity contribution in [3.05, 3.63) is 11.8 Å². The molecule has 1 fully saturated rings. The fourth-order valence-corrected chi connectivity index (χ4v) is 2.49.